The number of carbonyl (C=O) groups excluding carboxylic acids is 1. The summed E-state index contributed by atoms with van der Waals surface area (Å²) in [5, 5.41) is 3.75. The molecule has 2 heterocycles. The number of likely N-dealkylation sites (tertiary alicyclic amines) is 1. The van der Waals surface area contributed by atoms with Crippen molar-refractivity contribution in [3.63, 3.8) is 0 Å². The van der Waals surface area contributed by atoms with Crippen LogP contribution in [-0.2, 0) is 4.79 Å². The highest BCUT2D eigenvalue weighted by molar-refractivity contribution is 5.91. The van der Waals surface area contributed by atoms with Crippen LogP contribution in [0, 0.1) is 11.8 Å². The fourth-order valence-corrected chi connectivity index (χ4v) is 4.67. The van der Waals surface area contributed by atoms with Crippen LogP contribution in [0.15, 0.2) is 0 Å². The van der Waals surface area contributed by atoms with Gasteiger partial charge in [0.15, 0.2) is 0 Å². The number of rotatable bonds is 3. The highest BCUT2D eigenvalue weighted by atomic mass is 16.2. The Morgan fingerprint density at radius 1 is 1.14 bits per heavy atom. The van der Waals surface area contributed by atoms with Crippen molar-refractivity contribution in [1.82, 2.24) is 15.1 Å². The number of hydrogen-bond acceptors (Lipinski definition) is 3. The molecule has 4 aliphatic rings. The molecule has 4 heteroatoms. The van der Waals surface area contributed by atoms with Gasteiger partial charge in [0, 0.05) is 6.54 Å². The van der Waals surface area contributed by atoms with Crippen molar-refractivity contribution in [2.24, 2.45) is 11.8 Å². The molecule has 1 unspecified atom stereocenters. The third-order valence-corrected chi connectivity index (χ3v) is 6.32. The van der Waals surface area contributed by atoms with Gasteiger partial charge in [-0.3, -0.25) is 10.1 Å². The maximum Gasteiger partial charge on any atom is 0.244 e. The van der Waals surface area contributed by atoms with E-state index < -0.39 is 0 Å². The van der Waals surface area contributed by atoms with E-state index in [1.54, 1.807) is 0 Å². The molecule has 118 valence electrons. The molecule has 4 nitrogen and oxygen atoms in total. The zero-order valence-corrected chi connectivity index (χ0v) is 13.3. The van der Waals surface area contributed by atoms with Crippen molar-refractivity contribution in [3.8, 4) is 0 Å². The molecule has 21 heavy (non-hydrogen) atoms. The predicted octanol–water partition coefficient (Wildman–Crippen LogP) is 1.81. The quantitative estimate of drug-likeness (QED) is 0.861. The lowest BCUT2D eigenvalue weighted by Crippen LogP contribution is -2.46. The Balaban J connectivity index is 1.46. The van der Waals surface area contributed by atoms with E-state index in [4.69, 9.17) is 0 Å². The summed E-state index contributed by atoms with van der Waals surface area (Å²) in [5.41, 5.74) is -0.126. The lowest BCUT2D eigenvalue weighted by Gasteiger charge is -2.35. The van der Waals surface area contributed by atoms with Gasteiger partial charge in [0.25, 0.3) is 0 Å². The summed E-state index contributed by atoms with van der Waals surface area (Å²) >= 11 is 0. The minimum absolute atomic E-state index is 0.126. The number of amides is 1. The highest BCUT2D eigenvalue weighted by Gasteiger charge is 2.60. The largest absolute Gasteiger partial charge is 0.325 e. The Hall–Kier alpha value is -0.610. The van der Waals surface area contributed by atoms with E-state index >= 15 is 0 Å². The van der Waals surface area contributed by atoms with Gasteiger partial charge in [-0.1, -0.05) is 12.8 Å². The van der Waals surface area contributed by atoms with E-state index in [1.807, 2.05) is 0 Å². The number of hydrogen-bond donors (Lipinski definition) is 1. The van der Waals surface area contributed by atoms with E-state index in [0.717, 1.165) is 19.4 Å². The van der Waals surface area contributed by atoms with Crippen LogP contribution in [0.5, 0.6) is 0 Å². The molecule has 4 rings (SSSR count). The smallest absolute Gasteiger partial charge is 0.244 e. The van der Waals surface area contributed by atoms with Crippen LogP contribution in [-0.4, -0.2) is 54.1 Å². The molecule has 4 fully saturated rings. The fourth-order valence-electron chi connectivity index (χ4n) is 4.67. The van der Waals surface area contributed by atoms with Crippen molar-refractivity contribution in [1.29, 1.82) is 0 Å². The van der Waals surface area contributed by atoms with Gasteiger partial charge in [-0.15, -0.1) is 0 Å². The van der Waals surface area contributed by atoms with Crippen molar-refractivity contribution < 1.29 is 4.79 Å². The first-order valence-corrected chi connectivity index (χ1v) is 8.95. The second-order valence-electron chi connectivity index (χ2n) is 7.92. The summed E-state index contributed by atoms with van der Waals surface area (Å²) < 4.78 is 0. The lowest BCUT2D eigenvalue weighted by atomic mass is 9.95. The molecule has 2 saturated carbocycles. The van der Waals surface area contributed by atoms with Gasteiger partial charge < -0.3 is 9.80 Å². The van der Waals surface area contributed by atoms with Gasteiger partial charge in [-0.05, 0) is 70.5 Å². The fraction of sp³-hybridized carbons (Fsp3) is 0.941. The van der Waals surface area contributed by atoms with Crippen LogP contribution in [0.2, 0.25) is 0 Å². The Labute approximate surface area is 128 Å². The van der Waals surface area contributed by atoms with E-state index in [0.29, 0.717) is 23.9 Å². The van der Waals surface area contributed by atoms with Crippen LogP contribution >= 0.6 is 0 Å². The van der Waals surface area contributed by atoms with Crippen molar-refractivity contribution in [2.45, 2.75) is 63.1 Å². The topological polar surface area (TPSA) is 35.6 Å². The molecule has 0 radical (unpaired) electrons. The third kappa shape index (κ3) is 2.50. The van der Waals surface area contributed by atoms with Crippen LogP contribution in [0.3, 0.4) is 0 Å². The van der Waals surface area contributed by atoms with Gasteiger partial charge in [0.1, 0.15) is 0 Å². The predicted molar refractivity (Wildman–Crippen MR) is 82.8 cm³/mol. The minimum Gasteiger partial charge on any atom is -0.325 e. The molecular formula is C17H29N3O. The average molecular weight is 291 g/mol. The maximum atomic E-state index is 12.8. The SMILES string of the molecule is CN1CCC(CN2C(=O)C3(CC3)NC2C2CCCC2)CC1. The number of nitrogens with one attached hydrogen (secondary N) is 1. The summed E-state index contributed by atoms with van der Waals surface area (Å²) in [4.78, 5) is 17.5. The van der Waals surface area contributed by atoms with Gasteiger partial charge in [-0.2, -0.15) is 0 Å². The molecule has 2 aliphatic carbocycles. The van der Waals surface area contributed by atoms with Gasteiger partial charge in [-0.25, -0.2) is 0 Å². The van der Waals surface area contributed by atoms with E-state index in [2.05, 4.69) is 22.2 Å². The highest BCUT2D eigenvalue weighted by Crippen LogP contribution is 2.45. The van der Waals surface area contributed by atoms with Crippen LogP contribution < -0.4 is 5.32 Å². The average Bonchev–Trinajstić information content (AvgIpc) is 2.97. The van der Waals surface area contributed by atoms with Gasteiger partial charge in [0.2, 0.25) is 5.91 Å². The molecule has 1 amide bonds. The third-order valence-electron chi connectivity index (χ3n) is 6.32. The van der Waals surface area contributed by atoms with E-state index in [9.17, 15) is 4.79 Å². The van der Waals surface area contributed by atoms with Crippen molar-refractivity contribution in [3.05, 3.63) is 0 Å². The Kier molecular flexibility index (Phi) is 3.49. The number of piperidine rings is 1. The first-order valence-electron chi connectivity index (χ1n) is 8.95. The molecule has 0 aromatic heterocycles. The monoisotopic (exact) mass is 291 g/mol. The molecule has 2 saturated heterocycles. The summed E-state index contributed by atoms with van der Waals surface area (Å²) in [6.07, 6.45) is 10.3. The van der Waals surface area contributed by atoms with Crippen LogP contribution in [0.25, 0.3) is 0 Å². The molecule has 0 bridgehead atoms. The summed E-state index contributed by atoms with van der Waals surface area (Å²) in [6, 6.07) is 0. The van der Waals surface area contributed by atoms with Gasteiger partial charge >= 0.3 is 0 Å². The standard InChI is InChI=1S/C17H29N3O/c1-19-10-6-13(7-11-19)12-20-15(14-4-2-3-5-14)18-17(8-9-17)16(20)21/h13-15,18H,2-12H2,1H3. The Morgan fingerprint density at radius 3 is 2.43 bits per heavy atom. The number of nitrogens with zero attached hydrogens (tertiary/aromatic N) is 2. The second kappa shape index (κ2) is 5.24. The first-order chi connectivity index (χ1) is 10.2. The molecule has 1 N–H and O–H groups in total. The molecule has 0 aromatic rings. The normalized spacial score (nSPS) is 34.2. The van der Waals surface area contributed by atoms with Crippen LogP contribution in [0.4, 0.5) is 0 Å². The second-order valence-corrected chi connectivity index (χ2v) is 7.92. The Bertz CT molecular complexity index is 406. The number of carbonyl (C=O) groups is 1. The van der Waals surface area contributed by atoms with Crippen molar-refractivity contribution in [2.75, 3.05) is 26.7 Å². The Morgan fingerprint density at radius 2 is 1.81 bits per heavy atom. The molecule has 1 spiro atoms. The van der Waals surface area contributed by atoms with E-state index in [1.165, 1.54) is 51.6 Å². The summed E-state index contributed by atoms with van der Waals surface area (Å²) in [7, 11) is 2.21. The summed E-state index contributed by atoms with van der Waals surface area (Å²) in [6.45, 7) is 3.39. The molecular weight excluding hydrogens is 262 g/mol. The van der Waals surface area contributed by atoms with Crippen LogP contribution in [0.1, 0.15) is 51.4 Å². The van der Waals surface area contributed by atoms with Crippen molar-refractivity contribution >= 4 is 5.91 Å². The first kappa shape index (κ1) is 14.0. The molecule has 1 atom stereocenters. The zero-order chi connectivity index (χ0) is 14.4. The lowest BCUT2D eigenvalue weighted by molar-refractivity contribution is -0.132. The molecule has 0 aromatic carbocycles. The summed E-state index contributed by atoms with van der Waals surface area (Å²) in [5.74, 6) is 1.85. The zero-order valence-electron chi connectivity index (χ0n) is 13.3. The van der Waals surface area contributed by atoms with E-state index in [-0.39, 0.29) is 5.54 Å². The molecule has 2 aliphatic heterocycles. The van der Waals surface area contributed by atoms with Gasteiger partial charge in [0.05, 0.1) is 11.7 Å². The maximum absolute atomic E-state index is 12.8. The minimum atomic E-state index is -0.126.